The zero-order valence-electron chi connectivity index (χ0n) is 17.1. The van der Waals surface area contributed by atoms with Gasteiger partial charge in [0.15, 0.2) is 0 Å². The van der Waals surface area contributed by atoms with Crippen molar-refractivity contribution < 1.29 is 4.79 Å². The van der Waals surface area contributed by atoms with E-state index in [1.165, 1.54) is 10.4 Å². The van der Waals surface area contributed by atoms with E-state index in [2.05, 4.69) is 58.6 Å². The molecule has 6 heteroatoms. The van der Waals surface area contributed by atoms with Gasteiger partial charge in [-0.15, -0.1) is 11.3 Å². The number of aromatic nitrogens is 2. The summed E-state index contributed by atoms with van der Waals surface area (Å²) in [5.41, 5.74) is 1.39. The molecule has 1 N–H and O–H groups in total. The van der Waals surface area contributed by atoms with Crippen molar-refractivity contribution in [3.63, 3.8) is 0 Å². The molecule has 3 heterocycles. The first-order chi connectivity index (χ1) is 14.1. The van der Waals surface area contributed by atoms with Crippen molar-refractivity contribution in [3.05, 3.63) is 52.7 Å². The number of thiophene rings is 1. The molecule has 1 fully saturated rings. The van der Waals surface area contributed by atoms with Crippen LogP contribution in [0.4, 0.5) is 5.82 Å². The van der Waals surface area contributed by atoms with Crippen molar-refractivity contribution in [1.82, 2.24) is 14.9 Å². The molecular weight excluding hydrogens is 380 g/mol. The molecule has 0 saturated carbocycles. The third kappa shape index (κ3) is 4.75. The van der Waals surface area contributed by atoms with E-state index in [1.807, 2.05) is 11.8 Å². The summed E-state index contributed by atoms with van der Waals surface area (Å²) in [5.74, 6) is 2.32. The molecule has 0 spiro atoms. The lowest BCUT2D eigenvalue weighted by molar-refractivity contribution is -0.130. The summed E-state index contributed by atoms with van der Waals surface area (Å²) in [7, 11) is 0. The number of anilines is 1. The lowest BCUT2D eigenvalue weighted by Gasteiger charge is -2.32. The van der Waals surface area contributed by atoms with Gasteiger partial charge in [-0.3, -0.25) is 4.79 Å². The summed E-state index contributed by atoms with van der Waals surface area (Å²) in [6, 6.07) is 12.8. The number of aryl methyl sites for hydroxylation is 2. The van der Waals surface area contributed by atoms with Crippen LogP contribution in [0.25, 0.3) is 10.2 Å². The number of nitrogens with one attached hydrogen (secondary N) is 1. The van der Waals surface area contributed by atoms with Crippen LogP contribution in [0.2, 0.25) is 0 Å². The van der Waals surface area contributed by atoms with Crippen molar-refractivity contribution in [2.45, 2.75) is 39.5 Å². The summed E-state index contributed by atoms with van der Waals surface area (Å²) < 4.78 is 0. The first-order valence-corrected chi connectivity index (χ1v) is 11.3. The molecule has 3 aromatic rings. The fraction of sp³-hybridized carbons (Fsp3) is 0.435. The van der Waals surface area contributed by atoms with Gasteiger partial charge in [-0.05, 0) is 50.2 Å². The van der Waals surface area contributed by atoms with Crippen LogP contribution in [0, 0.1) is 12.8 Å². The van der Waals surface area contributed by atoms with Gasteiger partial charge in [0.05, 0.1) is 11.9 Å². The number of carbonyl (C=O) groups excluding carboxylic acids is 1. The van der Waals surface area contributed by atoms with Crippen molar-refractivity contribution >= 4 is 33.3 Å². The maximum absolute atomic E-state index is 12.7. The zero-order chi connectivity index (χ0) is 20.2. The number of hydrogen-bond acceptors (Lipinski definition) is 5. The highest BCUT2D eigenvalue weighted by atomic mass is 32.1. The Kier molecular flexibility index (Phi) is 6.09. The molecule has 0 atom stereocenters. The minimum Gasteiger partial charge on any atom is -0.360 e. The highest BCUT2D eigenvalue weighted by molar-refractivity contribution is 7.18. The predicted octanol–water partition coefficient (Wildman–Crippen LogP) is 4.46. The summed E-state index contributed by atoms with van der Waals surface area (Å²) >= 11 is 1.70. The molecule has 1 amide bonds. The molecule has 1 saturated heterocycles. The van der Waals surface area contributed by atoms with Gasteiger partial charge >= 0.3 is 0 Å². The Morgan fingerprint density at radius 2 is 1.97 bits per heavy atom. The summed E-state index contributed by atoms with van der Waals surface area (Å²) in [4.78, 5) is 26.1. The van der Waals surface area contributed by atoms with Crippen LogP contribution in [-0.2, 0) is 17.6 Å². The fourth-order valence-electron chi connectivity index (χ4n) is 3.99. The summed E-state index contributed by atoms with van der Waals surface area (Å²) in [6.07, 6.45) is 4.23. The van der Waals surface area contributed by atoms with E-state index in [-0.39, 0.29) is 12.5 Å². The quantitative estimate of drug-likeness (QED) is 0.654. The van der Waals surface area contributed by atoms with Crippen molar-refractivity contribution in [2.75, 3.05) is 25.0 Å². The topological polar surface area (TPSA) is 58.1 Å². The van der Waals surface area contributed by atoms with Crippen LogP contribution in [0.5, 0.6) is 0 Å². The summed E-state index contributed by atoms with van der Waals surface area (Å²) in [5, 5.41) is 4.30. The van der Waals surface area contributed by atoms with Gasteiger partial charge in [0.1, 0.15) is 16.5 Å². The number of fused-ring (bicyclic) bond motifs is 1. The van der Waals surface area contributed by atoms with E-state index in [4.69, 9.17) is 0 Å². The van der Waals surface area contributed by atoms with E-state index in [0.717, 1.165) is 60.6 Å². The first-order valence-electron chi connectivity index (χ1n) is 10.4. The van der Waals surface area contributed by atoms with Crippen LogP contribution in [-0.4, -0.2) is 40.4 Å². The zero-order valence-corrected chi connectivity index (χ0v) is 18.0. The van der Waals surface area contributed by atoms with E-state index < -0.39 is 0 Å². The van der Waals surface area contributed by atoms with Gasteiger partial charge in [-0.1, -0.05) is 37.3 Å². The average molecular weight is 409 g/mol. The molecule has 0 radical (unpaired) electrons. The normalized spacial score (nSPS) is 15.0. The molecule has 29 heavy (non-hydrogen) atoms. The van der Waals surface area contributed by atoms with Crippen molar-refractivity contribution in [1.29, 1.82) is 0 Å². The van der Waals surface area contributed by atoms with Gasteiger partial charge in [-0.2, -0.15) is 0 Å². The van der Waals surface area contributed by atoms with Gasteiger partial charge < -0.3 is 10.2 Å². The molecule has 4 rings (SSSR count). The molecule has 1 aromatic carbocycles. The second-order valence-electron chi connectivity index (χ2n) is 7.77. The van der Waals surface area contributed by atoms with E-state index >= 15 is 0 Å². The van der Waals surface area contributed by atoms with Crippen LogP contribution in [0.15, 0.2) is 36.4 Å². The third-order valence-electron chi connectivity index (χ3n) is 5.65. The monoisotopic (exact) mass is 408 g/mol. The largest absolute Gasteiger partial charge is 0.360 e. The smallest absolute Gasteiger partial charge is 0.241 e. The Morgan fingerprint density at radius 1 is 1.21 bits per heavy atom. The second-order valence-corrected chi connectivity index (χ2v) is 8.89. The third-order valence-corrected chi connectivity index (χ3v) is 6.82. The fourth-order valence-corrected chi connectivity index (χ4v) is 5.00. The van der Waals surface area contributed by atoms with Crippen LogP contribution < -0.4 is 5.32 Å². The number of rotatable bonds is 6. The first kappa shape index (κ1) is 19.8. The van der Waals surface area contributed by atoms with Crippen LogP contribution >= 0.6 is 11.3 Å². The molecule has 0 unspecified atom stereocenters. The molecule has 152 valence electrons. The number of benzene rings is 1. The van der Waals surface area contributed by atoms with E-state index in [9.17, 15) is 4.79 Å². The SMILES string of the molecule is CCc1cc2c(NCC(=O)N3CCC(Cc4ccccc4)CC3)nc(C)nc2s1. The maximum atomic E-state index is 12.7. The Hall–Kier alpha value is -2.47. The number of likely N-dealkylation sites (tertiary alicyclic amines) is 1. The average Bonchev–Trinajstić information content (AvgIpc) is 3.16. The Labute approximate surface area is 176 Å². The highest BCUT2D eigenvalue weighted by Crippen LogP contribution is 2.29. The van der Waals surface area contributed by atoms with Gasteiger partial charge in [0.2, 0.25) is 5.91 Å². The van der Waals surface area contributed by atoms with Crippen molar-refractivity contribution in [2.24, 2.45) is 5.92 Å². The Morgan fingerprint density at radius 3 is 2.69 bits per heavy atom. The highest BCUT2D eigenvalue weighted by Gasteiger charge is 2.23. The number of nitrogens with zero attached hydrogens (tertiary/aromatic N) is 3. The maximum Gasteiger partial charge on any atom is 0.241 e. The number of carbonyl (C=O) groups is 1. The minimum absolute atomic E-state index is 0.151. The number of hydrogen-bond donors (Lipinski definition) is 1. The van der Waals surface area contributed by atoms with E-state index in [1.54, 1.807) is 11.3 Å². The lowest BCUT2D eigenvalue weighted by Crippen LogP contribution is -2.41. The number of piperidine rings is 1. The van der Waals surface area contributed by atoms with Gasteiger partial charge in [0.25, 0.3) is 0 Å². The number of amides is 1. The molecule has 5 nitrogen and oxygen atoms in total. The van der Waals surface area contributed by atoms with Crippen LogP contribution in [0.3, 0.4) is 0 Å². The minimum atomic E-state index is 0.151. The molecular formula is C23H28N4OS. The van der Waals surface area contributed by atoms with Gasteiger partial charge in [0, 0.05) is 18.0 Å². The molecule has 1 aliphatic heterocycles. The lowest BCUT2D eigenvalue weighted by atomic mass is 9.90. The Bertz CT molecular complexity index is 977. The molecule has 1 aliphatic rings. The van der Waals surface area contributed by atoms with E-state index in [0.29, 0.717) is 5.92 Å². The van der Waals surface area contributed by atoms with Crippen LogP contribution in [0.1, 0.15) is 36.0 Å². The molecule has 0 bridgehead atoms. The standard InChI is InChI=1S/C23H28N4OS/c1-3-19-14-20-22(25-16(2)26-23(20)29-19)24-15-21(28)27-11-9-18(10-12-27)13-17-7-5-4-6-8-17/h4-8,14,18H,3,9-13,15H2,1-2H3,(H,24,25,26). The summed E-state index contributed by atoms with van der Waals surface area (Å²) in [6.45, 7) is 6.01. The Balaban J connectivity index is 1.33. The second kappa shape index (κ2) is 8.91. The predicted molar refractivity (Wildman–Crippen MR) is 119 cm³/mol. The van der Waals surface area contributed by atoms with Gasteiger partial charge in [-0.25, -0.2) is 9.97 Å². The molecule has 0 aliphatic carbocycles. The molecule has 2 aromatic heterocycles. The van der Waals surface area contributed by atoms with Crippen molar-refractivity contribution in [3.8, 4) is 0 Å².